The molecule has 1 aliphatic rings. The summed E-state index contributed by atoms with van der Waals surface area (Å²) in [5.74, 6) is -0.0662. The maximum Gasteiger partial charge on any atom is 0.311 e. The lowest BCUT2D eigenvalue weighted by Crippen LogP contribution is -2.60. The average Bonchev–Trinajstić information content (AvgIpc) is 2.12. The van der Waals surface area contributed by atoms with Gasteiger partial charge < -0.3 is 10.1 Å². The molecule has 0 spiro atoms. The van der Waals surface area contributed by atoms with E-state index in [1.165, 1.54) is 0 Å². The zero-order chi connectivity index (χ0) is 14.2. The molecule has 0 aromatic rings. The molecular weight excluding hydrogens is 226 g/mol. The summed E-state index contributed by atoms with van der Waals surface area (Å²) in [5, 5.41) is 3.60. The van der Waals surface area contributed by atoms with E-state index in [0.29, 0.717) is 0 Å². The molecule has 1 aliphatic heterocycles. The standard InChI is InChI=1S/C15H29NO2/c1-8-13(2,3)12(17)18-11-9-14(4,5)16-15(6,7)10-11/h11,16H,8-10H2,1-7H3. The van der Waals surface area contributed by atoms with Crippen molar-refractivity contribution in [1.82, 2.24) is 5.32 Å². The second-order valence-corrected chi connectivity index (χ2v) is 7.57. The lowest BCUT2D eigenvalue weighted by atomic mass is 9.80. The van der Waals surface area contributed by atoms with E-state index in [0.717, 1.165) is 19.3 Å². The molecule has 1 rings (SSSR count). The number of carbonyl (C=O) groups excluding carboxylic acids is 1. The number of hydrogen-bond donors (Lipinski definition) is 1. The molecule has 1 fully saturated rings. The van der Waals surface area contributed by atoms with Crippen LogP contribution in [0.4, 0.5) is 0 Å². The van der Waals surface area contributed by atoms with Gasteiger partial charge in [0.1, 0.15) is 6.10 Å². The van der Waals surface area contributed by atoms with Gasteiger partial charge in [-0.05, 0) is 48.0 Å². The first kappa shape index (κ1) is 15.5. The van der Waals surface area contributed by atoms with Gasteiger partial charge in [0.15, 0.2) is 0 Å². The van der Waals surface area contributed by atoms with E-state index in [9.17, 15) is 4.79 Å². The van der Waals surface area contributed by atoms with Gasteiger partial charge in [-0.1, -0.05) is 6.92 Å². The molecule has 0 unspecified atom stereocenters. The lowest BCUT2D eigenvalue weighted by Gasteiger charge is -2.46. The lowest BCUT2D eigenvalue weighted by molar-refractivity contribution is -0.163. The van der Waals surface area contributed by atoms with E-state index in [2.05, 4.69) is 33.0 Å². The molecule has 0 radical (unpaired) electrons. The molecule has 0 aromatic heterocycles. The van der Waals surface area contributed by atoms with Crippen LogP contribution in [0.25, 0.3) is 0 Å². The maximum atomic E-state index is 12.1. The first-order valence-electron chi connectivity index (χ1n) is 6.98. The van der Waals surface area contributed by atoms with Gasteiger partial charge >= 0.3 is 5.97 Å². The molecular formula is C15H29NO2. The Morgan fingerprint density at radius 1 is 1.22 bits per heavy atom. The van der Waals surface area contributed by atoms with Crippen LogP contribution in [0.3, 0.4) is 0 Å². The summed E-state index contributed by atoms with van der Waals surface area (Å²) in [6.07, 6.45) is 2.59. The predicted octanol–water partition coefficient (Wildman–Crippen LogP) is 3.28. The number of piperidine rings is 1. The third kappa shape index (κ3) is 3.98. The quantitative estimate of drug-likeness (QED) is 0.787. The zero-order valence-electron chi connectivity index (χ0n) is 13.0. The second kappa shape index (κ2) is 4.84. The molecule has 0 saturated carbocycles. The molecule has 0 atom stereocenters. The van der Waals surface area contributed by atoms with E-state index in [-0.39, 0.29) is 28.6 Å². The second-order valence-electron chi connectivity index (χ2n) is 7.57. The van der Waals surface area contributed by atoms with Crippen LogP contribution in [0.5, 0.6) is 0 Å². The van der Waals surface area contributed by atoms with Crippen molar-refractivity contribution in [3.05, 3.63) is 0 Å². The number of carbonyl (C=O) groups is 1. The van der Waals surface area contributed by atoms with Gasteiger partial charge in [-0.25, -0.2) is 0 Å². The fourth-order valence-electron chi connectivity index (χ4n) is 2.77. The Labute approximate surface area is 112 Å². The molecule has 106 valence electrons. The number of rotatable bonds is 3. The normalized spacial score (nSPS) is 23.7. The van der Waals surface area contributed by atoms with Gasteiger partial charge in [-0.2, -0.15) is 0 Å². The number of esters is 1. The fourth-order valence-corrected chi connectivity index (χ4v) is 2.77. The Kier molecular flexibility index (Phi) is 4.16. The Hall–Kier alpha value is -0.570. The Morgan fingerprint density at radius 2 is 1.67 bits per heavy atom. The summed E-state index contributed by atoms with van der Waals surface area (Å²) in [7, 11) is 0. The third-order valence-corrected chi connectivity index (χ3v) is 3.86. The maximum absolute atomic E-state index is 12.1. The van der Waals surface area contributed by atoms with Crippen LogP contribution in [0.15, 0.2) is 0 Å². The van der Waals surface area contributed by atoms with E-state index in [1.807, 2.05) is 20.8 Å². The molecule has 0 aromatic carbocycles. The first-order valence-corrected chi connectivity index (χ1v) is 6.98. The summed E-state index contributed by atoms with van der Waals surface area (Å²) < 4.78 is 5.74. The highest BCUT2D eigenvalue weighted by atomic mass is 16.5. The smallest absolute Gasteiger partial charge is 0.311 e. The zero-order valence-corrected chi connectivity index (χ0v) is 13.0. The van der Waals surface area contributed by atoms with Gasteiger partial charge in [0.05, 0.1) is 5.41 Å². The van der Waals surface area contributed by atoms with Crippen LogP contribution >= 0.6 is 0 Å². The highest BCUT2D eigenvalue weighted by molar-refractivity contribution is 5.76. The first-order chi connectivity index (χ1) is 7.97. The van der Waals surface area contributed by atoms with Crippen molar-refractivity contribution in [2.45, 2.75) is 84.9 Å². The monoisotopic (exact) mass is 255 g/mol. The Morgan fingerprint density at radius 3 is 2.06 bits per heavy atom. The minimum atomic E-state index is -0.376. The van der Waals surface area contributed by atoms with Gasteiger partial charge in [0.2, 0.25) is 0 Å². The van der Waals surface area contributed by atoms with E-state index in [4.69, 9.17) is 4.74 Å². The molecule has 1 saturated heterocycles. The molecule has 1 heterocycles. The van der Waals surface area contributed by atoms with Gasteiger partial charge in [-0.3, -0.25) is 4.79 Å². The topological polar surface area (TPSA) is 38.3 Å². The Balaban J connectivity index is 2.71. The van der Waals surface area contributed by atoms with Gasteiger partial charge in [0.25, 0.3) is 0 Å². The van der Waals surface area contributed by atoms with Crippen molar-refractivity contribution in [3.8, 4) is 0 Å². The van der Waals surface area contributed by atoms with Crippen molar-refractivity contribution in [1.29, 1.82) is 0 Å². The fraction of sp³-hybridized carbons (Fsp3) is 0.933. The van der Waals surface area contributed by atoms with Crippen LogP contribution in [-0.4, -0.2) is 23.2 Å². The molecule has 0 amide bonds. The highest BCUT2D eigenvalue weighted by Gasteiger charge is 2.40. The average molecular weight is 255 g/mol. The van der Waals surface area contributed by atoms with E-state index in [1.54, 1.807) is 0 Å². The summed E-state index contributed by atoms with van der Waals surface area (Å²) in [4.78, 5) is 12.1. The number of nitrogens with one attached hydrogen (secondary N) is 1. The third-order valence-electron chi connectivity index (χ3n) is 3.86. The van der Waals surface area contributed by atoms with E-state index >= 15 is 0 Å². The SMILES string of the molecule is CCC(C)(C)C(=O)OC1CC(C)(C)NC(C)(C)C1. The summed E-state index contributed by atoms with van der Waals surface area (Å²) in [6, 6.07) is 0. The van der Waals surface area contributed by atoms with Crippen molar-refractivity contribution in [2.24, 2.45) is 5.41 Å². The van der Waals surface area contributed by atoms with Crippen LogP contribution in [-0.2, 0) is 9.53 Å². The van der Waals surface area contributed by atoms with Gasteiger partial charge in [-0.15, -0.1) is 0 Å². The molecule has 3 nitrogen and oxygen atoms in total. The van der Waals surface area contributed by atoms with Crippen molar-refractivity contribution >= 4 is 5.97 Å². The van der Waals surface area contributed by atoms with Crippen molar-refractivity contribution < 1.29 is 9.53 Å². The summed E-state index contributed by atoms with van der Waals surface area (Å²) >= 11 is 0. The van der Waals surface area contributed by atoms with E-state index < -0.39 is 0 Å². The number of hydrogen-bond acceptors (Lipinski definition) is 3. The minimum absolute atomic E-state index is 0.0169. The van der Waals surface area contributed by atoms with Crippen molar-refractivity contribution in [3.63, 3.8) is 0 Å². The predicted molar refractivity (Wildman–Crippen MR) is 74.5 cm³/mol. The number of ether oxygens (including phenoxy) is 1. The van der Waals surface area contributed by atoms with Crippen LogP contribution < -0.4 is 5.32 Å². The molecule has 1 N–H and O–H groups in total. The largest absolute Gasteiger partial charge is 0.462 e. The molecule has 3 heteroatoms. The van der Waals surface area contributed by atoms with Crippen LogP contribution in [0.2, 0.25) is 0 Å². The van der Waals surface area contributed by atoms with Crippen molar-refractivity contribution in [2.75, 3.05) is 0 Å². The summed E-state index contributed by atoms with van der Waals surface area (Å²) in [6.45, 7) is 14.6. The van der Waals surface area contributed by atoms with Crippen LogP contribution in [0.1, 0.15) is 67.7 Å². The minimum Gasteiger partial charge on any atom is -0.462 e. The Bertz CT molecular complexity index is 302. The molecule has 0 aliphatic carbocycles. The molecule has 0 bridgehead atoms. The summed E-state index contributed by atoms with van der Waals surface area (Å²) in [5.41, 5.74) is -0.342. The van der Waals surface area contributed by atoms with Crippen LogP contribution in [0, 0.1) is 5.41 Å². The molecule has 18 heavy (non-hydrogen) atoms. The highest BCUT2D eigenvalue weighted by Crippen LogP contribution is 2.32. The van der Waals surface area contributed by atoms with Gasteiger partial charge in [0, 0.05) is 23.9 Å².